The van der Waals surface area contributed by atoms with Crippen LogP contribution in [0, 0.1) is 0 Å². The molecular formula is C30H31N5O2S. The van der Waals surface area contributed by atoms with Gasteiger partial charge in [-0.15, -0.1) is 11.3 Å². The minimum atomic E-state index is 0.247. The van der Waals surface area contributed by atoms with Crippen LogP contribution < -0.4 is 10.1 Å². The van der Waals surface area contributed by atoms with E-state index in [1.165, 1.54) is 4.88 Å². The van der Waals surface area contributed by atoms with Gasteiger partial charge in [0.1, 0.15) is 17.9 Å². The first kappa shape index (κ1) is 24.6. The van der Waals surface area contributed by atoms with Gasteiger partial charge in [0, 0.05) is 42.0 Å². The number of nitrogens with one attached hydrogen (secondary N) is 1. The van der Waals surface area contributed by atoms with E-state index in [9.17, 15) is 0 Å². The van der Waals surface area contributed by atoms with Crippen molar-refractivity contribution in [1.82, 2.24) is 19.4 Å². The molecule has 0 aliphatic carbocycles. The molecule has 1 N–H and O–H groups in total. The van der Waals surface area contributed by atoms with Gasteiger partial charge in [0.15, 0.2) is 5.65 Å². The molecule has 0 amide bonds. The third-order valence-corrected chi connectivity index (χ3v) is 7.89. The van der Waals surface area contributed by atoms with E-state index in [1.54, 1.807) is 17.7 Å². The highest BCUT2D eigenvalue weighted by Gasteiger charge is 2.25. The highest BCUT2D eigenvalue weighted by molar-refractivity contribution is 7.10. The number of hydrogen-bond donors (Lipinski definition) is 1. The Kier molecular flexibility index (Phi) is 7.35. The van der Waals surface area contributed by atoms with Crippen LogP contribution >= 0.6 is 11.3 Å². The summed E-state index contributed by atoms with van der Waals surface area (Å²) in [6, 6.07) is 23.2. The molecule has 1 fully saturated rings. The summed E-state index contributed by atoms with van der Waals surface area (Å²) in [6.45, 7) is 6.76. The zero-order chi connectivity index (χ0) is 25.7. The van der Waals surface area contributed by atoms with Gasteiger partial charge in [0.2, 0.25) is 0 Å². The summed E-state index contributed by atoms with van der Waals surface area (Å²) in [5, 5.41) is 6.88. The van der Waals surface area contributed by atoms with Crippen LogP contribution in [0.15, 0.2) is 84.6 Å². The van der Waals surface area contributed by atoms with Gasteiger partial charge in [-0.05, 0) is 48.2 Å². The van der Waals surface area contributed by atoms with Crippen molar-refractivity contribution in [2.45, 2.75) is 13.0 Å². The van der Waals surface area contributed by atoms with Crippen molar-refractivity contribution in [2.75, 3.05) is 44.8 Å². The second kappa shape index (κ2) is 11.3. The maximum Gasteiger partial charge on any atom is 0.150 e. The smallest absolute Gasteiger partial charge is 0.150 e. The van der Waals surface area contributed by atoms with Crippen LogP contribution in [0.4, 0.5) is 5.82 Å². The summed E-state index contributed by atoms with van der Waals surface area (Å²) < 4.78 is 13.4. The van der Waals surface area contributed by atoms with Crippen LogP contribution in [0.1, 0.15) is 17.8 Å². The predicted octanol–water partition coefficient (Wildman–Crippen LogP) is 6.03. The molecule has 1 saturated heterocycles. The van der Waals surface area contributed by atoms with Gasteiger partial charge in [0.05, 0.1) is 31.2 Å². The summed E-state index contributed by atoms with van der Waals surface area (Å²) in [7, 11) is 0. The number of thiophene rings is 1. The highest BCUT2D eigenvalue weighted by Crippen LogP contribution is 2.36. The van der Waals surface area contributed by atoms with Crippen LogP contribution in [-0.2, 0) is 4.74 Å². The van der Waals surface area contributed by atoms with Crippen LogP contribution in [-0.4, -0.2) is 58.9 Å². The normalized spacial score (nSPS) is 15.0. The lowest BCUT2D eigenvalue weighted by atomic mass is 10.1. The summed E-state index contributed by atoms with van der Waals surface area (Å²) in [5.41, 5.74) is 4.11. The minimum absolute atomic E-state index is 0.247. The first-order chi connectivity index (χ1) is 18.8. The number of nitrogens with zero attached hydrogens (tertiary/aromatic N) is 4. The van der Waals surface area contributed by atoms with Gasteiger partial charge in [-0.1, -0.05) is 36.4 Å². The molecule has 0 spiro atoms. The number of anilines is 1. The molecule has 38 heavy (non-hydrogen) atoms. The molecule has 0 radical (unpaired) electrons. The molecule has 8 heteroatoms. The molecule has 1 aliphatic rings. The predicted molar refractivity (Wildman–Crippen MR) is 153 cm³/mol. The molecule has 6 rings (SSSR count). The van der Waals surface area contributed by atoms with Gasteiger partial charge in [-0.25, -0.2) is 9.97 Å². The van der Waals surface area contributed by atoms with Crippen molar-refractivity contribution in [3.05, 3.63) is 89.5 Å². The number of morpholine rings is 1. The first-order valence-corrected chi connectivity index (χ1v) is 13.9. The summed E-state index contributed by atoms with van der Waals surface area (Å²) in [6.07, 6.45) is 3.81. The lowest BCUT2D eigenvalue weighted by Crippen LogP contribution is -2.41. The molecule has 1 unspecified atom stereocenters. The van der Waals surface area contributed by atoms with E-state index in [2.05, 4.69) is 74.9 Å². The number of aromatic nitrogens is 3. The number of benzene rings is 2. The lowest BCUT2D eigenvalue weighted by Gasteiger charge is -2.34. The second-order valence-electron chi connectivity index (χ2n) is 9.19. The molecule has 5 aromatic rings. The molecule has 2 aromatic carbocycles. The van der Waals surface area contributed by atoms with E-state index in [1.807, 2.05) is 25.1 Å². The largest absolute Gasteiger partial charge is 0.494 e. The Morgan fingerprint density at radius 2 is 1.82 bits per heavy atom. The topological polar surface area (TPSA) is 64.4 Å². The molecular weight excluding hydrogens is 494 g/mol. The molecule has 1 atom stereocenters. The van der Waals surface area contributed by atoms with Crippen molar-refractivity contribution in [3.63, 3.8) is 0 Å². The quantitative estimate of drug-likeness (QED) is 0.253. The molecule has 1 aliphatic heterocycles. The van der Waals surface area contributed by atoms with Gasteiger partial charge in [0.25, 0.3) is 0 Å². The van der Waals surface area contributed by atoms with Crippen LogP contribution in [0.2, 0.25) is 0 Å². The maximum atomic E-state index is 5.66. The molecule has 7 nitrogen and oxygen atoms in total. The average Bonchev–Trinajstić information content (AvgIpc) is 3.64. The van der Waals surface area contributed by atoms with Crippen LogP contribution in [0.3, 0.4) is 0 Å². The van der Waals surface area contributed by atoms with Crippen molar-refractivity contribution in [3.8, 4) is 22.6 Å². The fraction of sp³-hybridized carbons (Fsp3) is 0.267. The van der Waals surface area contributed by atoms with Crippen molar-refractivity contribution in [2.24, 2.45) is 0 Å². The van der Waals surface area contributed by atoms with E-state index >= 15 is 0 Å². The summed E-state index contributed by atoms with van der Waals surface area (Å²) in [4.78, 5) is 13.3. The Labute approximate surface area is 226 Å². The van der Waals surface area contributed by atoms with Gasteiger partial charge >= 0.3 is 0 Å². The van der Waals surface area contributed by atoms with Crippen LogP contribution in [0.5, 0.6) is 5.75 Å². The second-order valence-corrected chi connectivity index (χ2v) is 10.2. The molecule has 4 heterocycles. The van der Waals surface area contributed by atoms with E-state index in [4.69, 9.17) is 19.4 Å². The highest BCUT2D eigenvalue weighted by atomic mass is 32.1. The fourth-order valence-corrected chi connectivity index (χ4v) is 5.93. The van der Waals surface area contributed by atoms with Gasteiger partial charge < -0.3 is 19.4 Å². The average molecular weight is 526 g/mol. The van der Waals surface area contributed by atoms with E-state index in [-0.39, 0.29) is 6.04 Å². The zero-order valence-electron chi connectivity index (χ0n) is 21.4. The first-order valence-electron chi connectivity index (χ1n) is 13.1. The number of hydrogen-bond acceptors (Lipinski definition) is 7. The Bertz CT molecular complexity index is 1460. The van der Waals surface area contributed by atoms with Gasteiger partial charge in [-0.3, -0.25) is 4.90 Å². The standard InChI is InChI=1S/C30H31N5O2S/c1-2-37-24-12-10-23(11-13-24)35-20-25(22-7-4-3-5-8-22)28-29(32-21-33-30(28)35)31-19-26(27-9-6-18-38-27)34-14-16-36-17-15-34/h3-13,18,20-21,26H,2,14-17,19H2,1H3,(H,31,32,33). The van der Waals surface area contributed by atoms with E-state index in [0.29, 0.717) is 6.61 Å². The lowest BCUT2D eigenvalue weighted by molar-refractivity contribution is 0.0194. The van der Waals surface area contributed by atoms with Crippen molar-refractivity contribution < 1.29 is 9.47 Å². The van der Waals surface area contributed by atoms with E-state index in [0.717, 1.165) is 72.3 Å². The zero-order valence-corrected chi connectivity index (χ0v) is 22.2. The van der Waals surface area contributed by atoms with Gasteiger partial charge in [-0.2, -0.15) is 0 Å². The SMILES string of the molecule is CCOc1ccc(-n2cc(-c3ccccc3)c3c(NCC(c4cccs4)N4CCOCC4)ncnc32)cc1. The number of rotatable bonds is 9. The molecule has 0 saturated carbocycles. The third kappa shape index (κ3) is 5.03. The third-order valence-electron chi connectivity index (χ3n) is 6.91. The molecule has 0 bridgehead atoms. The maximum absolute atomic E-state index is 5.66. The van der Waals surface area contributed by atoms with Crippen LogP contribution in [0.25, 0.3) is 27.8 Å². The number of fused-ring (bicyclic) bond motifs is 1. The molecule has 3 aromatic heterocycles. The van der Waals surface area contributed by atoms with Crippen molar-refractivity contribution >= 4 is 28.2 Å². The number of ether oxygens (including phenoxy) is 2. The Morgan fingerprint density at radius 3 is 2.55 bits per heavy atom. The minimum Gasteiger partial charge on any atom is -0.494 e. The Hall–Kier alpha value is -3.72. The summed E-state index contributed by atoms with van der Waals surface area (Å²) >= 11 is 1.80. The Balaban J connectivity index is 1.40. The molecule has 194 valence electrons. The summed E-state index contributed by atoms with van der Waals surface area (Å²) in [5.74, 6) is 1.70. The van der Waals surface area contributed by atoms with Crippen molar-refractivity contribution in [1.29, 1.82) is 0 Å². The fourth-order valence-electron chi connectivity index (χ4n) is 5.07. The van der Waals surface area contributed by atoms with E-state index < -0.39 is 0 Å². The monoisotopic (exact) mass is 525 g/mol. The Morgan fingerprint density at radius 1 is 1.00 bits per heavy atom.